The van der Waals surface area contributed by atoms with E-state index in [0.717, 1.165) is 10.2 Å². The summed E-state index contributed by atoms with van der Waals surface area (Å²) < 4.78 is 0.979. The van der Waals surface area contributed by atoms with Gasteiger partial charge in [0, 0.05) is 16.4 Å². The maximum Gasteiger partial charge on any atom is 0.148 e. The molecule has 0 unspecified atom stereocenters. The van der Waals surface area contributed by atoms with E-state index < -0.39 is 0 Å². The molecule has 1 aromatic heterocycles. The fourth-order valence-electron chi connectivity index (χ4n) is 1.30. The lowest BCUT2D eigenvalue weighted by Crippen LogP contribution is -1.95. The van der Waals surface area contributed by atoms with Crippen molar-refractivity contribution in [2.45, 2.75) is 0 Å². The van der Waals surface area contributed by atoms with Crippen LogP contribution in [0.1, 0.15) is 5.56 Å². The number of pyridine rings is 1. The first-order valence-electron chi connectivity index (χ1n) is 4.67. The predicted octanol–water partition coefficient (Wildman–Crippen LogP) is 3.46. The molecule has 0 aliphatic carbocycles. The summed E-state index contributed by atoms with van der Waals surface area (Å²) >= 11 is 3.39. The molecule has 0 aliphatic heterocycles. The highest BCUT2D eigenvalue weighted by molar-refractivity contribution is 9.10. The summed E-state index contributed by atoms with van der Waals surface area (Å²) in [6.45, 7) is 0. The highest BCUT2D eigenvalue weighted by atomic mass is 79.9. The Morgan fingerprint density at radius 2 is 2.12 bits per heavy atom. The Kier molecular flexibility index (Phi) is 3.18. The molecular weight excluding hydrogens is 266 g/mol. The zero-order chi connectivity index (χ0) is 11.4. The summed E-state index contributed by atoms with van der Waals surface area (Å²) in [5.41, 5.74) is 1.42. The number of hydrogen-bond acceptors (Lipinski definition) is 3. The number of hydrogen-bond donors (Lipinski definition) is 1. The topological polar surface area (TPSA) is 48.7 Å². The second-order valence-corrected chi connectivity index (χ2v) is 4.06. The molecule has 4 heteroatoms. The Hall–Kier alpha value is -1.86. The Labute approximate surface area is 102 Å². The van der Waals surface area contributed by atoms with Gasteiger partial charge >= 0.3 is 0 Å². The molecule has 0 spiro atoms. The largest absolute Gasteiger partial charge is 0.339 e. The van der Waals surface area contributed by atoms with Crippen LogP contribution in [-0.4, -0.2) is 4.98 Å². The lowest BCUT2D eigenvalue weighted by Gasteiger charge is -2.06. The quantitative estimate of drug-likeness (QED) is 0.912. The highest BCUT2D eigenvalue weighted by Gasteiger charge is 2.02. The van der Waals surface area contributed by atoms with E-state index in [1.807, 2.05) is 24.3 Å². The standard InChI is InChI=1S/C12H8BrN3/c13-10-4-1-5-11(7-10)16-12-9(8-14)3-2-6-15-12/h1-7H,(H,15,16). The van der Waals surface area contributed by atoms with Crippen LogP contribution in [0.5, 0.6) is 0 Å². The molecule has 2 rings (SSSR count). The molecular formula is C12H8BrN3. The number of nitrogens with zero attached hydrogens (tertiary/aromatic N) is 2. The first-order valence-corrected chi connectivity index (χ1v) is 5.46. The molecule has 16 heavy (non-hydrogen) atoms. The molecule has 0 saturated carbocycles. The van der Waals surface area contributed by atoms with Gasteiger partial charge in [-0.1, -0.05) is 22.0 Å². The van der Waals surface area contributed by atoms with Crippen molar-refractivity contribution in [2.24, 2.45) is 0 Å². The molecule has 0 fully saturated rings. The van der Waals surface area contributed by atoms with Crippen molar-refractivity contribution in [3.63, 3.8) is 0 Å². The number of rotatable bonds is 2. The third-order valence-electron chi connectivity index (χ3n) is 2.02. The van der Waals surface area contributed by atoms with E-state index in [2.05, 4.69) is 32.3 Å². The smallest absolute Gasteiger partial charge is 0.148 e. The molecule has 0 radical (unpaired) electrons. The predicted molar refractivity (Wildman–Crippen MR) is 66.4 cm³/mol. The van der Waals surface area contributed by atoms with Gasteiger partial charge in [-0.25, -0.2) is 4.98 Å². The third kappa shape index (κ3) is 2.38. The Balaban J connectivity index is 2.31. The average molecular weight is 274 g/mol. The van der Waals surface area contributed by atoms with Crippen molar-refractivity contribution in [1.29, 1.82) is 5.26 Å². The molecule has 0 atom stereocenters. The van der Waals surface area contributed by atoms with Crippen LogP contribution in [0.3, 0.4) is 0 Å². The number of halogens is 1. The summed E-state index contributed by atoms with van der Waals surface area (Å²) in [6.07, 6.45) is 1.65. The van der Waals surface area contributed by atoms with Gasteiger partial charge in [0.2, 0.25) is 0 Å². The van der Waals surface area contributed by atoms with Gasteiger partial charge in [-0.15, -0.1) is 0 Å². The summed E-state index contributed by atoms with van der Waals surface area (Å²) in [6, 6.07) is 13.3. The second-order valence-electron chi connectivity index (χ2n) is 3.15. The van der Waals surface area contributed by atoms with Crippen LogP contribution < -0.4 is 5.32 Å². The lowest BCUT2D eigenvalue weighted by atomic mass is 10.2. The van der Waals surface area contributed by atoms with E-state index in [0.29, 0.717) is 11.4 Å². The Morgan fingerprint density at radius 1 is 1.25 bits per heavy atom. The van der Waals surface area contributed by atoms with Gasteiger partial charge in [-0.05, 0) is 30.3 Å². The van der Waals surface area contributed by atoms with Gasteiger partial charge in [0.1, 0.15) is 11.9 Å². The maximum atomic E-state index is 8.91. The highest BCUT2D eigenvalue weighted by Crippen LogP contribution is 2.20. The van der Waals surface area contributed by atoms with Crippen molar-refractivity contribution in [3.8, 4) is 6.07 Å². The lowest BCUT2D eigenvalue weighted by molar-refractivity contribution is 1.28. The molecule has 0 bridgehead atoms. The second kappa shape index (κ2) is 4.77. The van der Waals surface area contributed by atoms with Crippen LogP contribution in [-0.2, 0) is 0 Å². The van der Waals surface area contributed by atoms with Crippen LogP contribution in [0.2, 0.25) is 0 Å². The fraction of sp³-hybridized carbons (Fsp3) is 0. The number of anilines is 2. The fourth-order valence-corrected chi connectivity index (χ4v) is 1.70. The van der Waals surface area contributed by atoms with Crippen molar-refractivity contribution >= 4 is 27.4 Å². The van der Waals surface area contributed by atoms with Gasteiger partial charge in [0.25, 0.3) is 0 Å². The Bertz CT molecular complexity index is 546. The molecule has 3 nitrogen and oxygen atoms in total. The van der Waals surface area contributed by atoms with Crippen molar-refractivity contribution in [2.75, 3.05) is 5.32 Å². The summed E-state index contributed by atoms with van der Waals surface area (Å²) in [5, 5.41) is 12.0. The van der Waals surface area contributed by atoms with E-state index in [-0.39, 0.29) is 0 Å². The summed E-state index contributed by atoms with van der Waals surface area (Å²) in [5.74, 6) is 0.572. The first kappa shape index (κ1) is 10.7. The molecule has 1 N–H and O–H groups in total. The minimum atomic E-state index is 0.530. The number of nitrogens with one attached hydrogen (secondary N) is 1. The zero-order valence-corrected chi connectivity index (χ0v) is 9.90. The molecule has 0 saturated heterocycles. The Morgan fingerprint density at radius 3 is 2.88 bits per heavy atom. The third-order valence-corrected chi connectivity index (χ3v) is 2.51. The van der Waals surface area contributed by atoms with E-state index in [9.17, 15) is 0 Å². The molecule has 0 aliphatic rings. The van der Waals surface area contributed by atoms with Gasteiger partial charge in [-0.2, -0.15) is 5.26 Å². The van der Waals surface area contributed by atoms with Crippen molar-refractivity contribution in [3.05, 3.63) is 52.6 Å². The average Bonchev–Trinajstić information content (AvgIpc) is 2.30. The van der Waals surface area contributed by atoms with Crippen LogP contribution in [0.15, 0.2) is 47.1 Å². The number of benzene rings is 1. The van der Waals surface area contributed by atoms with Gasteiger partial charge in [0.05, 0.1) is 5.56 Å². The SMILES string of the molecule is N#Cc1cccnc1Nc1cccc(Br)c1. The number of nitriles is 1. The minimum absolute atomic E-state index is 0.530. The molecule has 1 aromatic carbocycles. The molecule has 2 aromatic rings. The van der Waals surface area contributed by atoms with E-state index in [1.54, 1.807) is 18.3 Å². The van der Waals surface area contributed by atoms with Gasteiger partial charge < -0.3 is 5.32 Å². The van der Waals surface area contributed by atoms with Crippen molar-refractivity contribution < 1.29 is 0 Å². The normalized spacial score (nSPS) is 9.50. The zero-order valence-electron chi connectivity index (χ0n) is 8.31. The molecule has 78 valence electrons. The maximum absolute atomic E-state index is 8.91. The molecule has 0 amide bonds. The van der Waals surface area contributed by atoms with E-state index in [1.165, 1.54) is 0 Å². The summed E-state index contributed by atoms with van der Waals surface area (Å²) in [7, 11) is 0. The first-order chi connectivity index (χ1) is 7.79. The monoisotopic (exact) mass is 273 g/mol. The van der Waals surface area contributed by atoms with Gasteiger partial charge in [-0.3, -0.25) is 0 Å². The van der Waals surface area contributed by atoms with E-state index >= 15 is 0 Å². The molecule has 1 heterocycles. The van der Waals surface area contributed by atoms with Crippen LogP contribution >= 0.6 is 15.9 Å². The number of aromatic nitrogens is 1. The van der Waals surface area contributed by atoms with Crippen LogP contribution in [0, 0.1) is 11.3 Å². The van der Waals surface area contributed by atoms with Crippen LogP contribution in [0.4, 0.5) is 11.5 Å². The van der Waals surface area contributed by atoms with Crippen LogP contribution in [0.25, 0.3) is 0 Å². The van der Waals surface area contributed by atoms with Gasteiger partial charge in [0.15, 0.2) is 0 Å². The van der Waals surface area contributed by atoms with Crippen molar-refractivity contribution in [1.82, 2.24) is 4.98 Å². The van der Waals surface area contributed by atoms with E-state index in [4.69, 9.17) is 5.26 Å². The summed E-state index contributed by atoms with van der Waals surface area (Å²) in [4.78, 5) is 4.13. The minimum Gasteiger partial charge on any atom is -0.339 e.